The summed E-state index contributed by atoms with van der Waals surface area (Å²) < 4.78 is 0. The highest BCUT2D eigenvalue weighted by Crippen LogP contribution is 1.99. The van der Waals surface area contributed by atoms with Crippen molar-refractivity contribution < 1.29 is 0 Å². The standard InChI is InChI=1S/C7H6N2/c8-6-7-2-1-4-9-5-3-7/h2-5H,1H2. The van der Waals surface area contributed by atoms with Gasteiger partial charge in [-0.3, -0.25) is 4.99 Å². The molecule has 0 unspecified atom stereocenters. The highest BCUT2D eigenvalue weighted by Gasteiger charge is 1.87. The summed E-state index contributed by atoms with van der Waals surface area (Å²) >= 11 is 0. The minimum Gasteiger partial charge on any atom is -0.269 e. The second kappa shape index (κ2) is 2.83. The Hall–Kier alpha value is -1.36. The molecule has 0 spiro atoms. The minimum absolute atomic E-state index is 0.688. The average molecular weight is 118 g/mol. The van der Waals surface area contributed by atoms with Crippen LogP contribution in [0.5, 0.6) is 0 Å². The topological polar surface area (TPSA) is 36.1 Å². The lowest BCUT2D eigenvalue weighted by Crippen LogP contribution is -1.69. The number of rotatable bonds is 0. The largest absolute Gasteiger partial charge is 0.269 e. The molecular weight excluding hydrogens is 112 g/mol. The first kappa shape index (κ1) is 5.77. The van der Waals surface area contributed by atoms with Crippen molar-refractivity contribution in [2.75, 3.05) is 0 Å². The molecule has 9 heavy (non-hydrogen) atoms. The van der Waals surface area contributed by atoms with Crippen LogP contribution in [0.25, 0.3) is 0 Å². The van der Waals surface area contributed by atoms with E-state index in [0.717, 1.165) is 6.42 Å². The third-order valence-electron chi connectivity index (χ3n) is 1.02. The van der Waals surface area contributed by atoms with Crippen LogP contribution >= 0.6 is 0 Å². The van der Waals surface area contributed by atoms with E-state index in [4.69, 9.17) is 5.26 Å². The van der Waals surface area contributed by atoms with E-state index in [2.05, 4.69) is 4.99 Å². The maximum Gasteiger partial charge on any atom is 0.0988 e. The Bertz CT molecular complexity index is 216. The lowest BCUT2D eigenvalue weighted by molar-refractivity contribution is 1.45. The van der Waals surface area contributed by atoms with Gasteiger partial charge in [-0.2, -0.15) is 5.26 Å². The average Bonchev–Trinajstić information content (AvgIpc) is 2.13. The Morgan fingerprint density at radius 1 is 1.67 bits per heavy atom. The first-order valence-electron chi connectivity index (χ1n) is 2.72. The zero-order chi connectivity index (χ0) is 6.53. The van der Waals surface area contributed by atoms with Gasteiger partial charge in [-0.15, -0.1) is 0 Å². The van der Waals surface area contributed by atoms with E-state index in [0.29, 0.717) is 5.57 Å². The molecule has 1 aliphatic rings. The van der Waals surface area contributed by atoms with Crippen molar-refractivity contribution in [2.24, 2.45) is 4.99 Å². The van der Waals surface area contributed by atoms with Crippen LogP contribution < -0.4 is 0 Å². The zero-order valence-electron chi connectivity index (χ0n) is 4.91. The number of nitrogens with zero attached hydrogens (tertiary/aromatic N) is 2. The SMILES string of the molecule is N#CC1=CCC=NC=C1. The first-order chi connectivity index (χ1) is 4.43. The van der Waals surface area contributed by atoms with Gasteiger partial charge in [0.1, 0.15) is 0 Å². The Balaban J connectivity index is 2.78. The zero-order valence-corrected chi connectivity index (χ0v) is 4.91. The van der Waals surface area contributed by atoms with Crippen LogP contribution in [0.3, 0.4) is 0 Å². The van der Waals surface area contributed by atoms with E-state index < -0.39 is 0 Å². The number of aliphatic imine (C=N–C) groups is 1. The summed E-state index contributed by atoms with van der Waals surface area (Å²) in [5.74, 6) is 0. The second-order valence-corrected chi connectivity index (χ2v) is 1.65. The third kappa shape index (κ3) is 1.54. The van der Waals surface area contributed by atoms with E-state index in [-0.39, 0.29) is 0 Å². The van der Waals surface area contributed by atoms with Crippen molar-refractivity contribution in [2.45, 2.75) is 6.42 Å². The number of hydrogen-bond donors (Lipinski definition) is 0. The van der Waals surface area contributed by atoms with Crippen molar-refractivity contribution in [1.29, 1.82) is 5.26 Å². The highest BCUT2D eigenvalue weighted by molar-refractivity contribution is 5.62. The predicted octanol–water partition coefficient (Wildman–Crippen LogP) is 1.42. The fourth-order valence-electron chi connectivity index (χ4n) is 0.576. The number of allylic oxidation sites excluding steroid dienone is 3. The summed E-state index contributed by atoms with van der Waals surface area (Å²) in [6, 6.07) is 2.04. The van der Waals surface area contributed by atoms with E-state index in [1.165, 1.54) is 0 Å². The molecule has 0 aromatic heterocycles. The molecule has 0 radical (unpaired) electrons. The molecule has 0 saturated carbocycles. The summed E-state index contributed by atoms with van der Waals surface area (Å²) in [4.78, 5) is 3.86. The van der Waals surface area contributed by atoms with Gasteiger partial charge in [0.15, 0.2) is 0 Å². The lowest BCUT2D eigenvalue weighted by atomic mass is 10.2. The molecule has 1 aliphatic heterocycles. The summed E-state index contributed by atoms with van der Waals surface area (Å²) in [5.41, 5.74) is 0.688. The molecule has 0 saturated heterocycles. The molecule has 1 heterocycles. The molecule has 0 aliphatic carbocycles. The maximum atomic E-state index is 8.39. The van der Waals surface area contributed by atoms with Gasteiger partial charge >= 0.3 is 0 Å². The quantitative estimate of drug-likeness (QED) is 0.474. The van der Waals surface area contributed by atoms with Gasteiger partial charge in [-0.25, -0.2) is 0 Å². The maximum absolute atomic E-state index is 8.39. The smallest absolute Gasteiger partial charge is 0.0988 e. The van der Waals surface area contributed by atoms with Crippen LogP contribution in [-0.2, 0) is 0 Å². The molecule has 0 N–H and O–H groups in total. The number of nitriles is 1. The normalized spacial score (nSPS) is 16.1. The van der Waals surface area contributed by atoms with E-state index >= 15 is 0 Å². The van der Waals surface area contributed by atoms with Crippen molar-refractivity contribution in [3.05, 3.63) is 23.9 Å². The lowest BCUT2D eigenvalue weighted by Gasteiger charge is -1.78. The van der Waals surface area contributed by atoms with Gasteiger partial charge in [0.05, 0.1) is 6.07 Å². The second-order valence-electron chi connectivity index (χ2n) is 1.65. The molecule has 2 nitrogen and oxygen atoms in total. The van der Waals surface area contributed by atoms with Gasteiger partial charge in [-0.1, -0.05) is 6.08 Å². The van der Waals surface area contributed by atoms with Crippen LogP contribution in [0.2, 0.25) is 0 Å². The predicted molar refractivity (Wildman–Crippen MR) is 35.9 cm³/mol. The summed E-state index contributed by atoms with van der Waals surface area (Å²) in [7, 11) is 0. The molecular formula is C7H6N2. The van der Waals surface area contributed by atoms with Crippen LogP contribution in [0.15, 0.2) is 28.9 Å². The van der Waals surface area contributed by atoms with Crippen molar-refractivity contribution in [3.8, 4) is 6.07 Å². The molecule has 0 amide bonds. The van der Waals surface area contributed by atoms with Crippen molar-refractivity contribution in [3.63, 3.8) is 0 Å². The summed E-state index contributed by atoms with van der Waals surface area (Å²) in [6.45, 7) is 0. The van der Waals surface area contributed by atoms with Gasteiger partial charge < -0.3 is 0 Å². The molecule has 1 rings (SSSR count). The number of hydrogen-bond acceptors (Lipinski definition) is 2. The first-order valence-corrected chi connectivity index (χ1v) is 2.72. The molecule has 0 atom stereocenters. The highest BCUT2D eigenvalue weighted by atomic mass is 14.7. The van der Waals surface area contributed by atoms with Crippen LogP contribution in [-0.4, -0.2) is 6.21 Å². The van der Waals surface area contributed by atoms with Crippen molar-refractivity contribution >= 4 is 6.21 Å². The molecule has 0 fully saturated rings. The molecule has 0 aromatic rings. The van der Waals surface area contributed by atoms with Gasteiger partial charge in [0.2, 0.25) is 0 Å². The Labute approximate surface area is 53.8 Å². The van der Waals surface area contributed by atoms with Gasteiger partial charge in [-0.05, 0) is 6.08 Å². The van der Waals surface area contributed by atoms with E-state index in [1.54, 1.807) is 18.5 Å². The molecule has 0 aromatic carbocycles. The van der Waals surface area contributed by atoms with Crippen molar-refractivity contribution in [1.82, 2.24) is 0 Å². The Morgan fingerprint density at radius 2 is 2.56 bits per heavy atom. The summed E-state index contributed by atoms with van der Waals surface area (Å²) in [5, 5.41) is 8.39. The fourth-order valence-corrected chi connectivity index (χ4v) is 0.576. The van der Waals surface area contributed by atoms with Crippen LogP contribution in [0, 0.1) is 11.3 Å². The third-order valence-corrected chi connectivity index (χ3v) is 1.02. The Kier molecular flexibility index (Phi) is 1.81. The van der Waals surface area contributed by atoms with Gasteiger partial charge in [0.25, 0.3) is 0 Å². The molecule has 44 valence electrons. The minimum atomic E-state index is 0.688. The Morgan fingerprint density at radius 3 is 3.33 bits per heavy atom. The summed E-state index contributed by atoms with van der Waals surface area (Å²) in [6.07, 6.45) is 7.69. The van der Waals surface area contributed by atoms with E-state index in [9.17, 15) is 0 Å². The fraction of sp³-hybridized carbons (Fsp3) is 0.143. The monoisotopic (exact) mass is 118 g/mol. The van der Waals surface area contributed by atoms with Crippen LogP contribution in [0.4, 0.5) is 0 Å². The molecule has 2 heteroatoms. The van der Waals surface area contributed by atoms with Crippen LogP contribution in [0.1, 0.15) is 6.42 Å². The molecule has 0 bridgehead atoms. The van der Waals surface area contributed by atoms with E-state index in [1.807, 2.05) is 12.1 Å². The van der Waals surface area contributed by atoms with Gasteiger partial charge in [0, 0.05) is 24.4 Å².